The van der Waals surface area contributed by atoms with Crippen LogP contribution in [0.1, 0.15) is 21.7 Å². The molecule has 0 saturated carbocycles. The maximum Gasteiger partial charge on any atom is 0.256 e. The van der Waals surface area contributed by atoms with Crippen LogP contribution in [0, 0.1) is 6.92 Å². The summed E-state index contributed by atoms with van der Waals surface area (Å²) in [5.74, 6) is 5.33. The molecular formula is C15H18N4O. The van der Waals surface area contributed by atoms with Gasteiger partial charge in [0, 0.05) is 12.7 Å². The number of hydrogen-bond donors (Lipinski definition) is 2. The lowest BCUT2D eigenvalue weighted by Crippen LogP contribution is -2.28. The predicted octanol–water partition coefficient (Wildman–Crippen LogP) is 1.95. The molecule has 2 rings (SSSR count). The lowest BCUT2D eigenvalue weighted by Gasteiger charge is -2.18. The molecule has 0 saturated heterocycles. The van der Waals surface area contributed by atoms with Crippen LogP contribution in [0.25, 0.3) is 0 Å². The van der Waals surface area contributed by atoms with Crippen molar-refractivity contribution < 1.29 is 4.79 Å². The second kappa shape index (κ2) is 6.16. The van der Waals surface area contributed by atoms with Gasteiger partial charge in [0.2, 0.25) is 0 Å². The van der Waals surface area contributed by atoms with Crippen molar-refractivity contribution in [3.63, 3.8) is 0 Å². The molecule has 0 aliphatic heterocycles. The first-order chi connectivity index (χ1) is 9.61. The van der Waals surface area contributed by atoms with Gasteiger partial charge in [-0.2, -0.15) is 0 Å². The molecule has 0 atom stereocenters. The molecule has 0 aliphatic carbocycles. The van der Waals surface area contributed by atoms with Crippen LogP contribution < -0.4 is 11.3 Å². The van der Waals surface area contributed by atoms with Crippen LogP contribution in [0.2, 0.25) is 0 Å². The zero-order valence-corrected chi connectivity index (χ0v) is 11.6. The molecule has 1 amide bonds. The number of nitrogens with zero attached hydrogens (tertiary/aromatic N) is 2. The molecule has 3 N–H and O–H groups in total. The number of nitrogens with one attached hydrogen (secondary N) is 1. The molecule has 0 unspecified atom stereocenters. The summed E-state index contributed by atoms with van der Waals surface area (Å²) in [7, 11) is 1.75. The number of hydrazine groups is 1. The molecule has 0 spiro atoms. The summed E-state index contributed by atoms with van der Waals surface area (Å²) in [6.45, 7) is 2.39. The average Bonchev–Trinajstić information content (AvgIpc) is 2.46. The lowest BCUT2D eigenvalue weighted by atomic mass is 10.1. The Morgan fingerprint density at radius 1 is 1.25 bits per heavy atom. The van der Waals surface area contributed by atoms with Gasteiger partial charge < -0.3 is 10.3 Å². The third-order valence-corrected chi connectivity index (χ3v) is 3.00. The van der Waals surface area contributed by atoms with Gasteiger partial charge in [-0.05, 0) is 31.2 Å². The third kappa shape index (κ3) is 3.13. The normalized spacial score (nSPS) is 10.2. The molecular weight excluding hydrogens is 252 g/mol. The van der Waals surface area contributed by atoms with Crippen LogP contribution in [0.5, 0.6) is 0 Å². The molecule has 1 heterocycles. The van der Waals surface area contributed by atoms with Gasteiger partial charge >= 0.3 is 0 Å². The number of nitrogen functional groups attached to an aromatic ring is 1. The number of aryl methyl sites for hydroxylation is 1. The smallest absolute Gasteiger partial charge is 0.256 e. The molecule has 0 bridgehead atoms. The van der Waals surface area contributed by atoms with Gasteiger partial charge in [-0.25, -0.2) is 0 Å². The number of carbonyl (C=O) groups excluding carboxylic acids is 1. The number of amides is 1. The van der Waals surface area contributed by atoms with Crippen LogP contribution in [-0.4, -0.2) is 22.8 Å². The van der Waals surface area contributed by atoms with E-state index in [2.05, 4.69) is 10.4 Å². The summed E-state index contributed by atoms with van der Waals surface area (Å²) in [6, 6.07) is 12.9. The molecule has 0 aliphatic rings. The van der Waals surface area contributed by atoms with E-state index in [4.69, 9.17) is 5.84 Å². The summed E-state index contributed by atoms with van der Waals surface area (Å²) in [4.78, 5) is 18.4. The van der Waals surface area contributed by atoms with Crippen molar-refractivity contribution >= 4 is 11.6 Å². The van der Waals surface area contributed by atoms with Crippen molar-refractivity contribution in [2.24, 2.45) is 5.84 Å². The summed E-state index contributed by atoms with van der Waals surface area (Å²) in [5.41, 5.74) is 5.50. The fourth-order valence-corrected chi connectivity index (χ4v) is 2.00. The number of carbonyl (C=O) groups is 1. The lowest BCUT2D eigenvalue weighted by molar-refractivity contribution is 0.0784. The Balaban J connectivity index is 2.16. The van der Waals surface area contributed by atoms with Crippen molar-refractivity contribution in [3.8, 4) is 0 Å². The number of hydrogen-bond acceptors (Lipinski definition) is 4. The number of nitrogens with two attached hydrogens (primary N) is 1. The predicted molar refractivity (Wildman–Crippen MR) is 79.0 cm³/mol. The highest BCUT2D eigenvalue weighted by atomic mass is 16.2. The van der Waals surface area contributed by atoms with E-state index in [0.717, 1.165) is 11.4 Å². The molecule has 0 fully saturated rings. The first-order valence-electron chi connectivity index (χ1n) is 6.35. The molecule has 104 valence electrons. The number of para-hydroxylation sites is 1. The fraction of sp³-hybridized carbons (Fsp3) is 0.200. The number of benzene rings is 1. The van der Waals surface area contributed by atoms with E-state index in [0.29, 0.717) is 17.8 Å². The van der Waals surface area contributed by atoms with Crippen LogP contribution in [0.4, 0.5) is 5.69 Å². The molecule has 20 heavy (non-hydrogen) atoms. The van der Waals surface area contributed by atoms with E-state index < -0.39 is 0 Å². The van der Waals surface area contributed by atoms with Gasteiger partial charge in [0.15, 0.2) is 0 Å². The van der Waals surface area contributed by atoms with E-state index in [9.17, 15) is 4.79 Å². The third-order valence-electron chi connectivity index (χ3n) is 3.00. The number of pyridine rings is 1. The Labute approximate surface area is 118 Å². The quantitative estimate of drug-likeness (QED) is 0.658. The molecule has 5 heteroatoms. The van der Waals surface area contributed by atoms with E-state index in [1.807, 2.05) is 37.3 Å². The topological polar surface area (TPSA) is 71.2 Å². The summed E-state index contributed by atoms with van der Waals surface area (Å²) in [6.07, 6.45) is 0. The largest absolute Gasteiger partial charge is 0.336 e. The standard InChI is InChI=1S/C15H18N4O/c1-11-6-5-7-12(17-11)10-19(2)15(20)13-8-3-4-9-14(13)18-16/h3-9,18H,10,16H2,1-2H3. The number of rotatable bonds is 4. The first kappa shape index (κ1) is 14.0. The maximum absolute atomic E-state index is 12.4. The minimum Gasteiger partial charge on any atom is -0.336 e. The number of anilines is 1. The Bertz CT molecular complexity index is 612. The second-order valence-corrected chi connectivity index (χ2v) is 4.62. The van der Waals surface area contributed by atoms with Gasteiger partial charge in [-0.1, -0.05) is 18.2 Å². The van der Waals surface area contributed by atoms with Gasteiger partial charge in [-0.3, -0.25) is 15.6 Å². The van der Waals surface area contributed by atoms with Crippen molar-refractivity contribution in [1.29, 1.82) is 0 Å². The van der Waals surface area contributed by atoms with E-state index in [-0.39, 0.29) is 5.91 Å². The molecule has 2 aromatic rings. The Kier molecular flexibility index (Phi) is 4.32. The monoisotopic (exact) mass is 270 g/mol. The molecule has 1 aromatic carbocycles. The first-order valence-corrected chi connectivity index (χ1v) is 6.35. The zero-order valence-electron chi connectivity index (χ0n) is 11.6. The zero-order chi connectivity index (χ0) is 14.5. The summed E-state index contributed by atoms with van der Waals surface area (Å²) in [5, 5.41) is 0. The highest BCUT2D eigenvalue weighted by Crippen LogP contribution is 2.16. The fourth-order valence-electron chi connectivity index (χ4n) is 2.00. The van der Waals surface area contributed by atoms with Crippen molar-refractivity contribution in [3.05, 3.63) is 59.4 Å². The highest BCUT2D eigenvalue weighted by Gasteiger charge is 2.15. The second-order valence-electron chi connectivity index (χ2n) is 4.62. The van der Waals surface area contributed by atoms with Gasteiger partial charge in [0.1, 0.15) is 0 Å². The summed E-state index contributed by atoms with van der Waals surface area (Å²) >= 11 is 0. The van der Waals surface area contributed by atoms with E-state index in [1.165, 1.54) is 0 Å². The van der Waals surface area contributed by atoms with Crippen LogP contribution in [-0.2, 0) is 6.54 Å². The van der Waals surface area contributed by atoms with Crippen LogP contribution >= 0.6 is 0 Å². The molecule has 1 aromatic heterocycles. The van der Waals surface area contributed by atoms with E-state index >= 15 is 0 Å². The molecule has 5 nitrogen and oxygen atoms in total. The Hall–Kier alpha value is -2.40. The highest BCUT2D eigenvalue weighted by molar-refractivity contribution is 5.99. The minimum atomic E-state index is -0.0955. The minimum absolute atomic E-state index is 0.0955. The van der Waals surface area contributed by atoms with Crippen molar-refractivity contribution in [1.82, 2.24) is 9.88 Å². The maximum atomic E-state index is 12.4. The Morgan fingerprint density at radius 2 is 2.00 bits per heavy atom. The van der Waals surface area contributed by atoms with Crippen LogP contribution in [0.3, 0.4) is 0 Å². The van der Waals surface area contributed by atoms with Gasteiger partial charge in [0.25, 0.3) is 5.91 Å². The SMILES string of the molecule is Cc1cccc(CN(C)C(=O)c2ccccc2NN)n1. The average molecular weight is 270 g/mol. The van der Waals surface area contributed by atoms with E-state index in [1.54, 1.807) is 24.1 Å². The van der Waals surface area contributed by atoms with Gasteiger partial charge in [-0.15, -0.1) is 0 Å². The number of aromatic nitrogens is 1. The summed E-state index contributed by atoms with van der Waals surface area (Å²) < 4.78 is 0. The Morgan fingerprint density at radius 3 is 2.70 bits per heavy atom. The van der Waals surface area contributed by atoms with Crippen molar-refractivity contribution in [2.75, 3.05) is 12.5 Å². The van der Waals surface area contributed by atoms with Crippen LogP contribution in [0.15, 0.2) is 42.5 Å². The van der Waals surface area contributed by atoms with Gasteiger partial charge in [0.05, 0.1) is 23.5 Å². The van der Waals surface area contributed by atoms with Crippen molar-refractivity contribution in [2.45, 2.75) is 13.5 Å². The molecule has 0 radical (unpaired) electrons.